The molecule has 4 heterocycles. The van der Waals surface area contributed by atoms with Gasteiger partial charge in [0.05, 0.1) is 11.3 Å². The van der Waals surface area contributed by atoms with Crippen LogP contribution in [0.1, 0.15) is 25.8 Å². The van der Waals surface area contributed by atoms with E-state index in [2.05, 4.69) is 70.0 Å². The Kier molecular flexibility index (Phi) is 6.85. The van der Waals surface area contributed by atoms with Gasteiger partial charge >= 0.3 is 0 Å². The number of rotatable bonds is 8. The number of likely N-dealkylation sites (tertiary alicyclic amines) is 1. The maximum atomic E-state index is 6.32. The normalized spacial score (nSPS) is 17.7. The summed E-state index contributed by atoms with van der Waals surface area (Å²) in [5, 5.41) is 3.54. The maximum Gasteiger partial charge on any atom is 0.165 e. The Morgan fingerprint density at radius 3 is 2.54 bits per heavy atom. The largest absolute Gasteiger partial charge is 0.383 e. The molecule has 39 heavy (non-hydrogen) atoms. The summed E-state index contributed by atoms with van der Waals surface area (Å²) < 4.78 is 2.10. The second-order valence-corrected chi connectivity index (χ2v) is 10.8. The predicted molar refractivity (Wildman–Crippen MR) is 158 cm³/mol. The molecule has 1 fully saturated rings. The van der Waals surface area contributed by atoms with E-state index in [1.165, 1.54) is 12.0 Å². The van der Waals surface area contributed by atoms with Crippen LogP contribution >= 0.6 is 0 Å². The minimum Gasteiger partial charge on any atom is -0.383 e. The molecule has 0 amide bonds. The smallest absolute Gasteiger partial charge is 0.165 e. The molecule has 1 atom stereocenters. The molecule has 5 aromatic rings. The number of benzene rings is 2. The Balaban J connectivity index is 1.36. The summed E-state index contributed by atoms with van der Waals surface area (Å²) in [5.41, 5.74) is 13.3. The highest BCUT2D eigenvalue weighted by Gasteiger charge is 2.33. The van der Waals surface area contributed by atoms with Gasteiger partial charge in [-0.3, -0.25) is 9.47 Å². The zero-order valence-corrected chi connectivity index (χ0v) is 22.6. The minimum atomic E-state index is 0.340. The second-order valence-electron chi connectivity index (χ2n) is 10.8. The highest BCUT2D eigenvalue weighted by atomic mass is 15.2. The van der Waals surface area contributed by atoms with Crippen LogP contribution in [0.3, 0.4) is 0 Å². The van der Waals surface area contributed by atoms with E-state index < -0.39 is 0 Å². The topological polar surface area (TPSA) is 84.9 Å². The van der Waals surface area contributed by atoms with E-state index in [4.69, 9.17) is 15.7 Å². The van der Waals surface area contributed by atoms with Gasteiger partial charge in [0.15, 0.2) is 11.5 Å². The van der Waals surface area contributed by atoms with Gasteiger partial charge in [0.25, 0.3) is 0 Å². The molecule has 0 bridgehead atoms. The second kappa shape index (κ2) is 10.6. The van der Waals surface area contributed by atoms with Crippen molar-refractivity contribution >= 4 is 17.0 Å². The van der Waals surface area contributed by atoms with Gasteiger partial charge in [-0.15, -0.1) is 0 Å². The van der Waals surface area contributed by atoms with Crippen molar-refractivity contribution in [2.45, 2.75) is 26.8 Å². The molecule has 0 saturated carbocycles. The van der Waals surface area contributed by atoms with Crippen LogP contribution in [0.4, 0.5) is 5.82 Å². The van der Waals surface area contributed by atoms with Crippen molar-refractivity contribution in [2.24, 2.45) is 5.41 Å². The first-order valence-corrected chi connectivity index (χ1v) is 13.7. The monoisotopic (exact) mass is 517 g/mol. The molecule has 1 unspecified atom stereocenters. The van der Waals surface area contributed by atoms with E-state index in [0.29, 0.717) is 11.2 Å². The fourth-order valence-corrected chi connectivity index (χ4v) is 5.60. The number of nitrogen functional groups attached to an aromatic ring is 1. The zero-order valence-electron chi connectivity index (χ0n) is 22.6. The summed E-state index contributed by atoms with van der Waals surface area (Å²) >= 11 is 0. The number of nitrogens with zero attached hydrogens (tertiary/aromatic N) is 5. The van der Waals surface area contributed by atoms with Crippen LogP contribution in [-0.2, 0) is 6.54 Å². The molecule has 2 aromatic carbocycles. The van der Waals surface area contributed by atoms with Crippen LogP contribution in [0, 0.1) is 5.41 Å². The van der Waals surface area contributed by atoms with Gasteiger partial charge in [0.1, 0.15) is 11.3 Å². The number of hydrogen-bond acceptors (Lipinski definition) is 6. The van der Waals surface area contributed by atoms with Crippen molar-refractivity contribution in [1.82, 2.24) is 29.7 Å². The zero-order chi connectivity index (χ0) is 26.8. The third-order valence-electron chi connectivity index (χ3n) is 7.69. The van der Waals surface area contributed by atoms with Gasteiger partial charge in [0, 0.05) is 37.1 Å². The molecular weight excluding hydrogens is 482 g/mol. The highest BCUT2D eigenvalue weighted by molar-refractivity contribution is 5.84. The van der Waals surface area contributed by atoms with Gasteiger partial charge in [-0.2, -0.15) is 0 Å². The average Bonchev–Trinajstić information content (AvgIpc) is 3.53. The molecule has 3 N–H and O–H groups in total. The number of hydrogen-bond donors (Lipinski definition) is 2. The van der Waals surface area contributed by atoms with E-state index in [1.54, 1.807) is 6.20 Å². The number of fused-ring (bicyclic) bond motifs is 1. The molecule has 0 spiro atoms. The van der Waals surface area contributed by atoms with Crippen molar-refractivity contribution < 1.29 is 0 Å². The Hall–Kier alpha value is -4.07. The Labute approximate surface area is 229 Å². The molecule has 7 heteroatoms. The summed E-state index contributed by atoms with van der Waals surface area (Å²) in [5.74, 6) is 1.18. The molecule has 3 aromatic heterocycles. The molecular formula is C32H35N7. The van der Waals surface area contributed by atoms with Crippen LogP contribution in [0.5, 0.6) is 0 Å². The van der Waals surface area contributed by atoms with Crippen molar-refractivity contribution in [2.75, 3.05) is 31.9 Å². The molecule has 0 radical (unpaired) electrons. The molecule has 1 aliphatic rings. The third-order valence-corrected chi connectivity index (χ3v) is 7.69. The number of nitrogens with one attached hydrogen (secondary N) is 1. The summed E-state index contributed by atoms with van der Waals surface area (Å²) in [6, 6.07) is 26.9. The van der Waals surface area contributed by atoms with Gasteiger partial charge in [0.2, 0.25) is 0 Å². The number of imidazole rings is 1. The van der Waals surface area contributed by atoms with E-state index >= 15 is 0 Å². The highest BCUT2D eigenvalue weighted by Crippen LogP contribution is 2.33. The summed E-state index contributed by atoms with van der Waals surface area (Å²) in [7, 11) is 0. The van der Waals surface area contributed by atoms with Gasteiger partial charge < -0.3 is 11.1 Å². The Morgan fingerprint density at radius 1 is 0.949 bits per heavy atom. The van der Waals surface area contributed by atoms with E-state index in [9.17, 15) is 0 Å². The fourth-order valence-electron chi connectivity index (χ4n) is 5.60. The van der Waals surface area contributed by atoms with E-state index in [0.717, 1.165) is 72.2 Å². The molecule has 198 valence electrons. The third kappa shape index (κ3) is 5.15. The quantitative estimate of drug-likeness (QED) is 0.281. The molecule has 7 nitrogen and oxygen atoms in total. The minimum absolute atomic E-state index is 0.340. The van der Waals surface area contributed by atoms with Crippen LogP contribution in [0.25, 0.3) is 39.5 Å². The van der Waals surface area contributed by atoms with Crippen molar-refractivity contribution in [3.63, 3.8) is 0 Å². The lowest BCUT2D eigenvalue weighted by Gasteiger charge is -2.25. The van der Waals surface area contributed by atoms with Gasteiger partial charge in [-0.05, 0) is 66.9 Å². The lowest BCUT2D eigenvalue weighted by molar-refractivity contribution is 0.263. The standard InChI is InChI=1S/C32H35N7/c1-3-34-21-32(2)17-19-38(22-32)20-23-11-13-25(14-12-23)39-30(26-10-7-18-35-29(26)33)37-28-16-15-27(36-31(28)39)24-8-5-4-6-9-24/h4-16,18,34H,3,17,19-22H2,1-2H3,(H2,33,35). The van der Waals surface area contributed by atoms with Crippen LogP contribution in [0.2, 0.25) is 0 Å². The number of aromatic nitrogens is 4. The number of pyridine rings is 2. The first-order chi connectivity index (χ1) is 19.0. The van der Waals surface area contributed by atoms with E-state index in [1.807, 2.05) is 42.5 Å². The SMILES string of the molecule is CCNCC1(C)CCN(Cc2ccc(-n3c(-c4cccnc4N)nc4ccc(-c5ccccc5)nc43)cc2)C1. The Morgan fingerprint density at radius 2 is 1.77 bits per heavy atom. The number of nitrogens with two attached hydrogens (primary N) is 1. The number of anilines is 1. The summed E-state index contributed by atoms with van der Waals surface area (Å²) in [6.45, 7) is 9.86. The summed E-state index contributed by atoms with van der Waals surface area (Å²) in [6.07, 6.45) is 2.93. The lowest BCUT2D eigenvalue weighted by atomic mass is 9.90. The van der Waals surface area contributed by atoms with E-state index in [-0.39, 0.29) is 0 Å². The first kappa shape index (κ1) is 25.2. The molecule has 1 aliphatic heterocycles. The van der Waals surface area contributed by atoms with Crippen LogP contribution in [-0.4, -0.2) is 50.6 Å². The molecule has 6 rings (SSSR count). The van der Waals surface area contributed by atoms with Crippen molar-refractivity contribution in [1.29, 1.82) is 0 Å². The fraction of sp³-hybridized carbons (Fsp3) is 0.281. The maximum absolute atomic E-state index is 6.32. The van der Waals surface area contributed by atoms with Crippen LogP contribution in [0.15, 0.2) is 85.1 Å². The van der Waals surface area contributed by atoms with Gasteiger partial charge in [-0.25, -0.2) is 15.0 Å². The predicted octanol–water partition coefficient (Wildman–Crippen LogP) is 5.55. The molecule has 0 aliphatic carbocycles. The Bertz CT molecular complexity index is 1580. The summed E-state index contributed by atoms with van der Waals surface area (Å²) in [4.78, 5) is 16.9. The van der Waals surface area contributed by atoms with Gasteiger partial charge in [-0.1, -0.05) is 56.3 Å². The average molecular weight is 518 g/mol. The molecule has 1 saturated heterocycles. The first-order valence-electron chi connectivity index (χ1n) is 13.7. The van der Waals surface area contributed by atoms with Crippen molar-refractivity contribution in [3.05, 3.63) is 90.6 Å². The lowest BCUT2D eigenvalue weighted by Crippen LogP contribution is -2.34. The van der Waals surface area contributed by atoms with Crippen LogP contribution < -0.4 is 11.1 Å². The van der Waals surface area contributed by atoms with Crippen molar-refractivity contribution in [3.8, 4) is 28.3 Å².